The summed E-state index contributed by atoms with van der Waals surface area (Å²) in [5.41, 5.74) is 8.35. The van der Waals surface area contributed by atoms with E-state index < -0.39 is 26.8 Å². The van der Waals surface area contributed by atoms with Gasteiger partial charge in [0.25, 0.3) is 5.91 Å². The van der Waals surface area contributed by atoms with Crippen LogP contribution in [0.3, 0.4) is 0 Å². The van der Waals surface area contributed by atoms with Crippen LogP contribution in [0, 0.1) is 0 Å². The summed E-state index contributed by atoms with van der Waals surface area (Å²) in [7, 11) is -1.90. The van der Waals surface area contributed by atoms with Crippen molar-refractivity contribution in [3.05, 3.63) is 39.1 Å². The van der Waals surface area contributed by atoms with Crippen molar-refractivity contribution in [3.63, 3.8) is 0 Å². The fraction of sp³-hybridized carbons (Fsp3) is 0.389. The van der Waals surface area contributed by atoms with Crippen LogP contribution in [0.15, 0.2) is 33.1 Å². The molecule has 1 aliphatic rings. The molecule has 0 aliphatic carbocycles. The molecule has 0 atom stereocenters. The summed E-state index contributed by atoms with van der Waals surface area (Å²) in [6.07, 6.45) is 1.98. The molecule has 2 amide bonds. The van der Waals surface area contributed by atoms with Gasteiger partial charge in [0.2, 0.25) is 5.91 Å². The Kier molecular flexibility index (Phi) is 12.7. The minimum Gasteiger partial charge on any atom is -0.744 e. The Morgan fingerprint density at radius 3 is 2.68 bits per heavy atom. The molecule has 178 valence electrons. The molecule has 34 heavy (non-hydrogen) atoms. The molecular formula is C18H20N5NaO7S3. The Morgan fingerprint density at radius 1 is 1.41 bits per heavy atom. The molecule has 0 aromatic heterocycles. The van der Waals surface area contributed by atoms with E-state index >= 15 is 0 Å². The number of carbonyl (C=O) groups excluding carboxylic acids is 2. The minimum absolute atomic E-state index is 0. The van der Waals surface area contributed by atoms with Crippen LogP contribution in [0.4, 0.5) is 5.69 Å². The quantitative estimate of drug-likeness (QED) is 0.0438. The number of rotatable bonds is 11. The van der Waals surface area contributed by atoms with Gasteiger partial charge in [-0.05, 0) is 29.7 Å². The predicted octanol–water partition coefficient (Wildman–Crippen LogP) is -0.747. The largest absolute Gasteiger partial charge is 1.00 e. The van der Waals surface area contributed by atoms with Crippen molar-refractivity contribution in [1.29, 1.82) is 0 Å². The number of benzene rings is 1. The smallest absolute Gasteiger partial charge is 0.744 e. The summed E-state index contributed by atoms with van der Waals surface area (Å²) in [5.74, 6) is -1.03. The van der Waals surface area contributed by atoms with Crippen molar-refractivity contribution in [3.8, 4) is 0 Å². The van der Waals surface area contributed by atoms with Crippen LogP contribution in [-0.2, 0) is 29.2 Å². The van der Waals surface area contributed by atoms with Crippen LogP contribution in [0.2, 0.25) is 0 Å². The Labute approximate surface area is 228 Å². The molecule has 16 heteroatoms. The second kappa shape index (κ2) is 14.1. The number of amides is 2. The molecule has 1 aromatic carbocycles. The molecular weight excluding hydrogens is 517 g/mol. The van der Waals surface area contributed by atoms with Crippen LogP contribution in [0.1, 0.15) is 18.4 Å². The zero-order valence-electron chi connectivity index (χ0n) is 18.6. The van der Waals surface area contributed by atoms with E-state index in [4.69, 9.17) is 27.2 Å². The number of thioether (sulfide) groups is 1. The number of nitrogens with one attached hydrogen (secondary N) is 1. The van der Waals surface area contributed by atoms with Crippen LogP contribution < -0.4 is 34.9 Å². The van der Waals surface area contributed by atoms with Crippen molar-refractivity contribution in [2.75, 3.05) is 27.3 Å². The molecule has 1 aliphatic heterocycles. The van der Waals surface area contributed by atoms with E-state index in [0.717, 1.165) is 22.7 Å². The molecule has 1 fully saturated rings. The number of methoxy groups -OCH3 is 2. The van der Waals surface area contributed by atoms with Gasteiger partial charge in [0.15, 0.2) is 6.29 Å². The van der Waals surface area contributed by atoms with Crippen LogP contribution >= 0.6 is 24.0 Å². The van der Waals surface area contributed by atoms with E-state index in [0.29, 0.717) is 19.4 Å². The molecule has 12 nitrogen and oxygen atoms in total. The predicted molar refractivity (Wildman–Crippen MR) is 123 cm³/mol. The number of nitrogens with zero attached hydrogens (tertiary/aromatic N) is 4. The van der Waals surface area contributed by atoms with Gasteiger partial charge in [0, 0.05) is 37.8 Å². The molecule has 1 aromatic rings. The first-order valence-corrected chi connectivity index (χ1v) is 12.0. The van der Waals surface area contributed by atoms with Crippen molar-refractivity contribution in [2.45, 2.75) is 24.0 Å². The normalized spacial score (nSPS) is 14.8. The SMILES string of the molecule is COC(CCCNC(=O)CN1C(=O)/C(=C\c2ccc(N=[N+]=[N-])cc2S(=O)(=O)[O-])SC1=S)OC.[Na+]. The summed E-state index contributed by atoms with van der Waals surface area (Å²) in [5, 5.41) is 5.95. The van der Waals surface area contributed by atoms with E-state index in [1.54, 1.807) is 0 Å². The molecule has 0 spiro atoms. The topological polar surface area (TPSA) is 174 Å². The zero-order chi connectivity index (χ0) is 24.6. The minimum atomic E-state index is -4.93. The average Bonchev–Trinajstić information content (AvgIpc) is 3.01. The third-order valence-electron chi connectivity index (χ3n) is 4.35. The number of thiocarbonyl (C=S) groups is 1. The zero-order valence-corrected chi connectivity index (χ0v) is 23.0. The molecule has 2 rings (SSSR count). The summed E-state index contributed by atoms with van der Waals surface area (Å²) < 4.78 is 45.1. The average molecular weight is 538 g/mol. The maximum atomic E-state index is 12.7. The fourth-order valence-corrected chi connectivity index (χ4v) is 4.70. The van der Waals surface area contributed by atoms with Crippen molar-refractivity contribution < 1.29 is 61.6 Å². The van der Waals surface area contributed by atoms with Gasteiger partial charge >= 0.3 is 29.6 Å². The monoisotopic (exact) mass is 537 g/mol. The van der Waals surface area contributed by atoms with E-state index in [-0.39, 0.29) is 62.9 Å². The van der Waals surface area contributed by atoms with E-state index in [2.05, 4.69) is 15.3 Å². The van der Waals surface area contributed by atoms with Gasteiger partial charge in [0.05, 0.1) is 9.80 Å². The van der Waals surface area contributed by atoms with E-state index in [9.17, 15) is 22.6 Å². The molecule has 1 N–H and O–H groups in total. The number of hydrogen-bond donors (Lipinski definition) is 1. The molecule has 1 heterocycles. The van der Waals surface area contributed by atoms with Gasteiger partial charge in [-0.3, -0.25) is 14.5 Å². The summed E-state index contributed by atoms with van der Waals surface area (Å²) in [6.45, 7) is 0.0253. The maximum Gasteiger partial charge on any atom is 1.00 e. The van der Waals surface area contributed by atoms with Crippen molar-refractivity contribution in [2.24, 2.45) is 5.11 Å². The number of azide groups is 1. The summed E-state index contributed by atoms with van der Waals surface area (Å²) >= 11 is 6.04. The molecule has 0 unspecified atom stereocenters. The molecule has 0 radical (unpaired) electrons. The number of hydrogen-bond acceptors (Lipinski definition) is 10. The summed E-state index contributed by atoms with van der Waals surface area (Å²) in [6, 6.07) is 3.45. The Morgan fingerprint density at radius 2 is 2.09 bits per heavy atom. The van der Waals surface area contributed by atoms with Gasteiger partial charge in [-0.25, -0.2) is 8.42 Å². The van der Waals surface area contributed by atoms with Crippen molar-refractivity contribution >= 4 is 62.0 Å². The Bertz CT molecular complexity index is 1120. The molecule has 1 saturated heterocycles. The first-order valence-electron chi connectivity index (χ1n) is 9.33. The second-order valence-electron chi connectivity index (χ2n) is 6.53. The van der Waals surface area contributed by atoms with Gasteiger partial charge < -0.3 is 19.3 Å². The van der Waals surface area contributed by atoms with E-state index in [1.165, 1.54) is 32.4 Å². The fourth-order valence-electron chi connectivity index (χ4n) is 2.78. The Balaban J connectivity index is 0.00000578. The molecule has 0 bridgehead atoms. The van der Waals surface area contributed by atoms with Gasteiger partial charge in [-0.1, -0.05) is 41.2 Å². The standard InChI is InChI=1S/C18H21N5O7S3.Na/c1-29-16(30-2)4-3-7-20-15(24)10-23-17(25)13(32-18(23)31)8-11-5-6-12(21-22-19)9-14(11)33(26,27)28;/h5-6,8-9,16H,3-4,7,10H2,1-2H3,(H,20,24)(H,26,27,28);/q;+1/p-1/b13-8+;. The first-order chi connectivity index (χ1) is 15.6. The third kappa shape index (κ3) is 8.61. The van der Waals surface area contributed by atoms with E-state index in [1.807, 2.05) is 0 Å². The van der Waals surface area contributed by atoms with Crippen LogP contribution in [-0.4, -0.2) is 67.6 Å². The molecule has 0 saturated carbocycles. The first kappa shape index (κ1) is 30.5. The van der Waals surface area contributed by atoms with Gasteiger partial charge in [-0.2, -0.15) is 0 Å². The maximum absolute atomic E-state index is 12.7. The van der Waals surface area contributed by atoms with Crippen LogP contribution in [0.5, 0.6) is 0 Å². The third-order valence-corrected chi connectivity index (χ3v) is 6.62. The van der Waals surface area contributed by atoms with Crippen LogP contribution in [0.25, 0.3) is 16.5 Å². The second-order valence-corrected chi connectivity index (χ2v) is 9.55. The van der Waals surface area contributed by atoms with Gasteiger partial charge in [0.1, 0.15) is 21.0 Å². The van der Waals surface area contributed by atoms with Crippen molar-refractivity contribution in [1.82, 2.24) is 10.2 Å². The summed E-state index contributed by atoms with van der Waals surface area (Å²) in [4.78, 5) is 27.9. The number of ether oxygens (including phenoxy) is 2. The van der Waals surface area contributed by atoms with Gasteiger partial charge in [-0.15, -0.1) is 0 Å². The Hall–Kier alpha value is -1.52. The number of carbonyl (C=O) groups is 2.